The highest BCUT2D eigenvalue weighted by atomic mass is 15.4. The van der Waals surface area contributed by atoms with Crippen molar-refractivity contribution in [2.45, 2.75) is 38.0 Å². The molecule has 2 aromatic heterocycles. The number of rotatable bonds is 1. The summed E-state index contributed by atoms with van der Waals surface area (Å²) in [5.74, 6) is 1.02. The molecule has 0 unspecified atom stereocenters. The van der Waals surface area contributed by atoms with Crippen molar-refractivity contribution in [3.8, 4) is 0 Å². The van der Waals surface area contributed by atoms with Gasteiger partial charge >= 0.3 is 0 Å². The second-order valence-electron chi connectivity index (χ2n) is 4.59. The van der Waals surface area contributed by atoms with E-state index in [4.69, 9.17) is 0 Å². The fraction of sp³-hybridized carbons (Fsp3) is 0.545. The first-order valence-electron chi connectivity index (χ1n) is 5.47. The molecule has 0 aromatic carbocycles. The highest BCUT2D eigenvalue weighted by Crippen LogP contribution is 2.39. The Morgan fingerprint density at radius 3 is 2.87 bits per heavy atom. The van der Waals surface area contributed by atoms with Crippen molar-refractivity contribution in [1.82, 2.24) is 19.8 Å². The molecule has 4 nitrogen and oxygen atoms in total. The molecule has 1 aliphatic carbocycles. The Morgan fingerprint density at radius 2 is 2.07 bits per heavy atom. The summed E-state index contributed by atoms with van der Waals surface area (Å²) in [6.07, 6.45) is 6.77. The van der Waals surface area contributed by atoms with Gasteiger partial charge in [-0.1, -0.05) is 19.8 Å². The van der Waals surface area contributed by atoms with Crippen LogP contribution < -0.4 is 0 Å². The van der Waals surface area contributed by atoms with E-state index in [0.29, 0.717) is 0 Å². The Morgan fingerprint density at radius 1 is 1.27 bits per heavy atom. The molecule has 0 saturated heterocycles. The van der Waals surface area contributed by atoms with Crippen LogP contribution in [0.2, 0.25) is 0 Å². The van der Waals surface area contributed by atoms with Gasteiger partial charge in [0.2, 0.25) is 0 Å². The highest BCUT2D eigenvalue weighted by Gasteiger charge is 2.35. The molecule has 3 rings (SSSR count). The summed E-state index contributed by atoms with van der Waals surface area (Å²) in [6, 6.07) is 3.84. The van der Waals surface area contributed by atoms with Crippen LogP contribution in [-0.4, -0.2) is 19.8 Å². The largest absolute Gasteiger partial charge is 0.197 e. The molecule has 1 saturated carbocycles. The molecule has 15 heavy (non-hydrogen) atoms. The van der Waals surface area contributed by atoms with E-state index in [2.05, 4.69) is 22.2 Å². The summed E-state index contributed by atoms with van der Waals surface area (Å²) in [7, 11) is 0. The van der Waals surface area contributed by atoms with Gasteiger partial charge in [-0.25, -0.2) is 0 Å². The molecule has 0 aliphatic heterocycles. The lowest BCUT2D eigenvalue weighted by Crippen LogP contribution is -2.21. The van der Waals surface area contributed by atoms with Crippen molar-refractivity contribution in [2.75, 3.05) is 0 Å². The molecule has 1 fully saturated rings. The average Bonchev–Trinajstić information content (AvgIpc) is 2.84. The van der Waals surface area contributed by atoms with Gasteiger partial charge < -0.3 is 0 Å². The van der Waals surface area contributed by atoms with Crippen LogP contribution in [0.15, 0.2) is 18.3 Å². The van der Waals surface area contributed by atoms with Crippen molar-refractivity contribution in [2.24, 2.45) is 0 Å². The molecule has 2 aromatic rings. The van der Waals surface area contributed by atoms with Crippen LogP contribution in [0, 0.1) is 0 Å². The smallest absolute Gasteiger partial charge is 0.177 e. The molecule has 4 heteroatoms. The maximum atomic E-state index is 4.32. The minimum atomic E-state index is 0.174. The van der Waals surface area contributed by atoms with Crippen molar-refractivity contribution >= 4 is 5.65 Å². The van der Waals surface area contributed by atoms with E-state index in [1.807, 2.05) is 16.6 Å². The zero-order valence-corrected chi connectivity index (χ0v) is 8.85. The van der Waals surface area contributed by atoms with E-state index < -0.39 is 0 Å². The van der Waals surface area contributed by atoms with Crippen LogP contribution in [0.3, 0.4) is 0 Å². The SMILES string of the molecule is CC1(c2nnc3cccnn23)CCCC1. The van der Waals surface area contributed by atoms with E-state index in [-0.39, 0.29) is 5.41 Å². The Kier molecular flexibility index (Phi) is 1.78. The second kappa shape index (κ2) is 3.02. The molecule has 78 valence electrons. The number of aromatic nitrogens is 4. The van der Waals surface area contributed by atoms with Crippen LogP contribution in [0.4, 0.5) is 0 Å². The van der Waals surface area contributed by atoms with Gasteiger partial charge in [-0.15, -0.1) is 10.2 Å². The predicted octanol–water partition coefficient (Wildman–Crippen LogP) is 1.96. The fourth-order valence-electron chi connectivity index (χ4n) is 2.50. The number of hydrogen-bond donors (Lipinski definition) is 0. The van der Waals surface area contributed by atoms with Crippen molar-refractivity contribution < 1.29 is 0 Å². The number of nitrogens with zero attached hydrogens (tertiary/aromatic N) is 4. The van der Waals surface area contributed by atoms with Gasteiger partial charge in [0.15, 0.2) is 11.5 Å². The maximum absolute atomic E-state index is 4.32. The first-order chi connectivity index (χ1) is 7.30. The van der Waals surface area contributed by atoms with E-state index in [9.17, 15) is 0 Å². The Labute approximate surface area is 88.3 Å². The van der Waals surface area contributed by atoms with Crippen LogP contribution in [-0.2, 0) is 5.41 Å². The Bertz CT molecular complexity index is 482. The maximum Gasteiger partial charge on any atom is 0.177 e. The molecule has 0 radical (unpaired) electrons. The Hall–Kier alpha value is -1.45. The van der Waals surface area contributed by atoms with Gasteiger partial charge in [-0.2, -0.15) is 9.61 Å². The van der Waals surface area contributed by atoms with Crippen molar-refractivity contribution in [3.05, 3.63) is 24.2 Å². The lowest BCUT2D eigenvalue weighted by atomic mass is 9.88. The third-order valence-corrected chi connectivity index (χ3v) is 3.43. The summed E-state index contributed by atoms with van der Waals surface area (Å²) < 4.78 is 1.88. The standard InChI is InChI=1S/C11H14N4/c1-11(6-2-3-7-11)10-14-13-9-5-4-8-12-15(9)10/h4-5,8H,2-3,6-7H2,1H3. The highest BCUT2D eigenvalue weighted by molar-refractivity contribution is 5.36. The van der Waals surface area contributed by atoms with E-state index in [1.54, 1.807) is 6.20 Å². The lowest BCUT2D eigenvalue weighted by molar-refractivity contribution is 0.446. The first kappa shape index (κ1) is 8.83. The summed E-state index contributed by atoms with van der Waals surface area (Å²) in [5.41, 5.74) is 1.02. The van der Waals surface area contributed by atoms with E-state index in [0.717, 1.165) is 11.5 Å². The van der Waals surface area contributed by atoms with Crippen molar-refractivity contribution in [3.63, 3.8) is 0 Å². The van der Waals surface area contributed by atoms with Crippen LogP contribution >= 0.6 is 0 Å². The second-order valence-corrected chi connectivity index (χ2v) is 4.59. The van der Waals surface area contributed by atoms with Crippen LogP contribution in [0.25, 0.3) is 5.65 Å². The number of hydrogen-bond acceptors (Lipinski definition) is 3. The minimum Gasteiger partial charge on any atom is -0.197 e. The molecule has 2 heterocycles. The van der Waals surface area contributed by atoms with Gasteiger partial charge in [0.25, 0.3) is 0 Å². The normalized spacial score (nSPS) is 19.8. The quantitative estimate of drug-likeness (QED) is 0.710. The minimum absolute atomic E-state index is 0.174. The average molecular weight is 202 g/mol. The van der Waals surface area contributed by atoms with Gasteiger partial charge in [0, 0.05) is 11.6 Å². The van der Waals surface area contributed by atoms with Crippen LogP contribution in [0.1, 0.15) is 38.4 Å². The summed E-state index contributed by atoms with van der Waals surface area (Å²) >= 11 is 0. The van der Waals surface area contributed by atoms with Gasteiger partial charge in [-0.3, -0.25) is 0 Å². The zero-order valence-electron chi connectivity index (χ0n) is 8.85. The monoisotopic (exact) mass is 202 g/mol. The van der Waals surface area contributed by atoms with E-state index >= 15 is 0 Å². The predicted molar refractivity (Wildman–Crippen MR) is 56.6 cm³/mol. The molecular weight excluding hydrogens is 188 g/mol. The van der Waals surface area contributed by atoms with Crippen molar-refractivity contribution in [1.29, 1.82) is 0 Å². The topological polar surface area (TPSA) is 43.1 Å². The molecular formula is C11H14N4. The van der Waals surface area contributed by atoms with Gasteiger partial charge in [0.05, 0.1) is 0 Å². The van der Waals surface area contributed by atoms with E-state index in [1.165, 1.54) is 25.7 Å². The lowest BCUT2D eigenvalue weighted by Gasteiger charge is -2.19. The third kappa shape index (κ3) is 1.24. The van der Waals surface area contributed by atoms with Gasteiger partial charge in [-0.05, 0) is 25.0 Å². The molecule has 0 spiro atoms. The summed E-state index contributed by atoms with van der Waals surface area (Å²) in [6.45, 7) is 2.27. The summed E-state index contributed by atoms with van der Waals surface area (Å²) in [5, 5.41) is 12.8. The molecule has 0 amide bonds. The fourth-order valence-corrected chi connectivity index (χ4v) is 2.50. The number of fused-ring (bicyclic) bond motifs is 1. The van der Waals surface area contributed by atoms with Crippen LogP contribution in [0.5, 0.6) is 0 Å². The Balaban J connectivity index is 2.18. The zero-order chi connectivity index (χ0) is 10.3. The summed E-state index contributed by atoms with van der Waals surface area (Å²) in [4.78, 5) is 0. The molecule has 0 N–H and O–H groups in total. The van der Waals surface area contributed by atoms with Gasteiger partial charge in [0.1, 0.15) is 0 Å². The molecule has 0 atom stereocenters. The molecule has 1 aliphatic rings. The first-order valence-corrected chi connectivity index (χ1v) is 5.47. The third-order valence-electron chi connectivity index (χ3n) is 3.43. The molecule has 0 bridgehead atoms.